The largest absolute Gasteiger partial charge is 0.478 e. The number of carboxylic acid groups (broad SMARTS) is 1. The number of hydrogen-bond donors (Lipinski definition) is 1. The summed E-state index contributed by atoms with van der Waals surface area (Å²) < 4.78 is 22.9. The molecular weight excluding hydrogens is 254 g/mol. The van der Waals surface area contributed by atoms with E-state index in [9.17, 15) is 18.3 Å². The third-order valence-corrected chi connectivity index (χ3v) is 4.18. The van der Waals surface area contributed by atoms with Crippen LogP contribution in [0.4, 0.5) is 5.69 Å². The van der Waals surface area contributed by atoms with Crippen molar-refractivity contribution in [1.82, 2.24) is 0 Å². The molecule has 1 N–H and O–H groups in total. The van der Waals surface area contributed by atoms with Crippen molar-refractivity contribution in [3.8, 4) is 0 Å². The minimum atomic E-state index is -3.38. The van der Waals surface area contributed by atoms with Crippen LogP contribution in [-0.4, -0.2) is 38.8 Å². The van der Waals surface area contributed by atoms with Gasteiger partial charge in [0.1, 0.15) is 0 Å². The first-order valence-corrected chi connectivity index (χ1v) is 7.61. The Morgan fingerprint density at radius 1 is 1.28 bits per heavy atom. The van der Waals surface area contributed by atoms with Gasteiger partial charge in [0.15, 0.2) is 9.84 Å². The Bertz CT molecular complexity index is 574. The molecule has 0 saturated carbocycles. The quantitative estimate of drug-likeness (QED) is 0.897. The number of sulfone groups is 1. The van der Waals surface area contributed by atoms with Gasteiger partial charge < -0.3 is 10.0 Å². The summed E-state index contributed by atoms with van der Waals surface area (Å²) >= 11 is 0. The maximum absolute atomic E-state index is 11.4. The lowest BCUT2D eigenvalue weighted by Crippen LogP contribution is -2.21. The van der Waals surface area contributed by atoms with E-state index in [4.69, 9.17) is 0 Å². The molecule has 0 bridgehead atoms. The van der Waals surface area contributed by atoms with Gasteiger partial charge in [0.2, 0.25) is 0 Å². The normalized spacial score (nSPS) is 15.9. The van der Waals surface area contributed by atoms with Crippen molar-refractivity contribution in [2.24, 2.45) is 0 Å². The molecule has 0 atom stereocenters. The predicted octanol–water partition coefficient (Wildman–Crippen LogP) is 1.39. The average Bonchev–Trinajstić information content (AvgIpc) is 2.80. The molecule has 18 heavy (non-hydrogen) atoms. The third-order valence-electron chi connectivity index (χ3n) is 3.07. The molecular formula is C12H15NO4S. The molecule has 2 rings (SSSR count). The second-order valence-corrected chi connectivity index (χ2v) is 6.47. The van der Waals surface area contributed by atoms with Gasteiger partial charge >= 0.3 is 5.97 Å². The molecule has 98 valence electrons. The van der Waals surface area contributed by atoms with E-state index in [1.165, 1.54) is 12.1 Å². The highest BCUT2D eigenvalue weighted by atomic mass is 32.2. The van der Waals surface area contributed by atoms with E-state index in [-0.39, 0.29) is 10.5 Å². The zero-order chi connectivity index (χ0) is 13.3. The van der Waals surface area contributed by atoms with Crippen LogP contribution in [0.5, 0.6) is 0 Å². The van der Waals surface area contributed by atoms with Crippen LogP contribution in [0.3, 0.4) is 0 Å². The molecule has 1 heterocycles. The smallest absolute Gasteiger partial charge is 0.337 e. The number of carboxylic acids is 1. The van der Waals surface area contributed by atoms with Crippen LogP contribution in [-0.2, 0) is 9.84 Å². The van der Waals surface area contributed by atoms with Crippen molar-refractivity contribution in [2.45, 2.75) is 17.7 Å². The van der Waals surface area contributed by atoms with Crippen LogP contribution in [0.15, 0.2) is 23.1 Å². The van der Waals surface area contributed by atoms with Crippen LogP contribution < -0.4 is 4.90 Å². The van der Waals surface area contributed by atoms with E-state index in [0.717, 1.165) is 32.2 Å². The van der Waals surface area contributed by atoms with Crippen molar-refractivity contribution in [1.29, 1.82) is 0 Å². The van der Waals surface area contributed by atoms with Crippen molar-refractivity contribution >= 4 is 21.5 Å². The maximum Gasteiger partial charge on any atom is 0.337 e. The predicted molar refractivity (Wildman–Crippen MR) is 68.0 cm³/mol. The van der Waals surface area contributed by atoms with Crippen LogP contribution in [0.1, 0.15) is 23.2 Å². The molecule has 5 nitrogen and oxygen atoms in total. The minimum absolute atomic E-state index is 0.0443. The highest BCUT2D eigenvalue weighted by Gasteiger charge is 2.21. The summed E-state index contributed by atoms with van der Waals surface area (Å²) in [6.45, 7) is 1.64. The highest BCUT2D eigenvalue weighted by molar-refractivity contribution is 7.90. The van der Waals surface area contributed by atoms with E-state index in [2.05, 4.69) is 0 Å². The topological polar surface area (TPSA) is 74.7 Å². The summed E-state index contributed by atoms with van der Waals surface area (Å²) in [5, 5.41) is 9.19. The molecule has 1 aromatic carbocycles. The summed E-state index contributed by atoms with van der Waals surface area (Å²) in [4.78, 5) is 13.3. The molecule has 6 heteroatoms. The Morgan fingerprint density at radius 3 is 2.39 bits per heavy atom. The molecule has 0 amide bonds. The number of nitrogens with zero attached hydrogens (tertiary/aromatic N) is 1. The second kappa shape index (κ2) is 4.61. The molecule has 1 fully saturated rings. The van der Waals surface area contributed by atoms with Gasteiger partial charge in [0.25, 0.3) is 0 Å². The van der Waals surface area contributed by atoms with Crippen molar-refractivity contribution < 1.29 is 18.3 Å². The van der Waals surface area contributed by atoms with E-state index >= 15 is 0 Å². The number of benzene rings is 1. The van der Waals surface area contributed by atoms with Crippen LogP contribution in [0, 0.1) is 0 Å². The zero-order valence-electron chi connectivity index (χ0n) is 10.1. The lowest BCUT2D eigenvalue weighted by atomic mass is 10.1. The highest BCUT2D eigenvalue weighted by Crippen LogP contribution is 2.27. The molecule has 1 aliphatic heterocycles. The van der Waals surface area contributed by atoms with Gasteiger partial charge in [-0.1, -0.05) is 0 Å². The number of rotatable bonds is 3. The second-order valence-electron chi connectivity index (χ2n) is 4.45. The minimum Gasteiger partial charge on any atom is -0.478 e. The van der Waals surface area contributed by atoms with Gasteiger partial charge in [0.05, 0.1) is 16.1 Å². The summed E-state index contributed by atoms with van der Waals surface area (Å²) in [7, 11) is -3.38. The average molecular weight is 269 g/mol. The van der Waals surface area contributed by atoms with E-state index in [1.54, 1.807) is 6.07 Å². The standard InChI is InChI=1S/C12H15NO4S/c1-18(16,17)9-4-5-11(10(8-9)12(14)15)13-6-2-3-7-13/h4-5,8H,2-3,6-7H2,1H3,(H,14,15). The first-order valence-electron chi connectivity index (χ1n) is 5.72. The van der Waals surface area contributed by atoms with Gasteiger partial charge in [-0.15, -0.1) is 0 Å². The lowest BCUT2D eigenvalue weighted by Gasteiger charge is -2.20. The molecule has 0 aromatic heterocycles. The first-order chi connectivity index (χ1) is 8.39. The summed E-state index contributed by atoms with van der Waals surface area (Å²) in [6, 6.07) is 4.30. The summed E-state index contributed by atoms with van der Waals surface area (Å²) in [6.07, 6.45) is 3.14. The fourth-order valence-electron chi connectivity index (χ4n) is 2.15. The van der Waals surface area contributed by atoms with Gasteiger partial charge in [-0.25, -0.2) is 13.2 Å². The van der Waals surface area contributed by atoms with E-state index in [1.807, 2.05) is 4.90 Å². The fraction of sp³-hybridized carbons (Fsp3) is 0.417. The van der Waals surface area contributed by atoms with Crippen LogP contribution in [0.25, 0.3) is 0 Å². The van der Waals surface area contributed by atoms with Crippen LogP contribution in [0.2, 0.25) is 0 Å². The molecule has 1 aromatic rings. The Kier molecular flexibility index (Phi) is 3.30. The van der Waals surface area contributed by atoms with Gasteiger partial charge in [-0.2, -0.15) is 0 Å². The summed E-state index contributed by atoms with van der Waals surface area (Å²) in [5.41, 5.74) is 0.659. The van der Waals surface area contributed by atoms with Gasteiger partial charge in [-0.05, 0) is 31.0 Å². The Labute approximate surface area is 106 Å². The molecule has 0 aliphatic carbocycles. The Balaban J connectivity index is 2.51. The van der Waals surface area contributed by atoms with Crippen LogP contribution >= 0.6 is 0 Å². The summed E-state index contributed by atoms with van der Waals surface area (Å²) in [5.74, 6) is -1.10. The molecule has 1 aliphatic rings. The Hall–Kier alpha value is -1.56. The molecule has 0 radical (unpaired) electrons. The number of aromatic carboxylic acids is 1. The molecule has 0 unspecified atom stereocenters. The van der Waals surface area contributed by atoms with Crippen molar-refractivity contribution in [3.63, 3.8) is 0 Å². The monoisotopic (exact) mass is 269 g/mol. The van der Waals surface area contributed by atoms with Crippen molar-refractivity contribution in [2.75, 3.05) is 24.2 Å². The Morgan fingerprint density at radius 2 is 1.89 bits per heavy atom. The molecule has 1 saturated heterocycles. The SMILES string of the molecule is CS(=O)(=O)c1ccc(N2CCCC2)c(C(=O)O)c1. The number of carbonyl (C=O) groups is 1. The zero-order valence-corrected chi connectivity index (χ0v) is 10.9. The van der Waals surface area contributed by atoms with E-state index < -0.39 is 15.8 Å². The maximum atomic E-state index is 11.4. The lowest BCUT2D eigenvalue weighted by molar-refractivity contribution is 0.0697. The molecule has 0 spiro atoms. The van der Waals surface area contributed by atoms with Crippen molar-refractivity contribution in [3.05, 3.63) is 23.8 Å². The number of hydrogen-bond acceptors (Lipinski definition) is 4. The first kappa shape index (κ1) is 12.9. The fourth-order valence-corrected chi connectivity index (χ4v) is 2.80. The van der Waals surface area contributed by atoms with Gasteiger partial charge in [-0.3, -0.25) is 0 Å². The number of anilines is 1. The third kappa shape index (κ3) is 2.48. The van der Waals surface area contributed by atoms with Gasteiger partial charge in [0, 0.05) is 19.3 Å². The van der Waals surface area contributed by atoms with E-state index in [0.29, 0.717) is 5.69 Å².